The number of rotatable bonds is 7. The van der Waals surface area contributed by atoms with Crippen molar-refractivity contribution >= 4 is 27.7 Å². The monoisotopic (exact) mass is 508 g/mol. The summed E-state index contributed by atoms with van der Waals surface area (Å²) in [5, 5.41) is 7.71. The summed E-state index contributed by atoms with van der Waals surface area (Å²) in [6.45, 7) is 4.33. The Balaban J connectivity index is 1.36. The number of aryl methyl sites for hydroxylation is 1. The minimum absolute atomic E-state index is 0.0350. The third-order valence-corrected chi connectivity index (χ3v) is 7.18. The molecule has 2 N–H and O–H groups in total. The smallest absolute Gasteiger partial charge is 0.328 e. The topological polar surface area (TPSA) is 93.1 Å². The summed E-state index contributed by atoms with van der Waals surface area (Å²) in [7, 11) is -3.96. The second-order valence-electron chi connectivity index (χ2n) is 8.06. The second kappa shape index (κ2) is 10.3. The molecule has 0 aliphatic rings. The molecular weight excluding hydrogens is 484 g/mol. The van der Waals surface area contributed by atoms with Crippen LogP contribution in [0.2, 0.25) is 5.02 Å². The molecular formula is C26H25ClN4O3S. The molecule has 0 atom stereocenters. The van der Waals surface area contributed by atoms with Gasteiger partial charge in [-0.1, -0.05) is 54.1 Å². The Morgan fingerprint density at radius 1 is 0.943 bits per heavy atom. The highest BCUT2D eigenvalue weighted by atomic mass is 35.5. The van der Waals surface area contributed by atoms with Gasteiger partial charge in [-0.25, -0.2) is 22.6 Å². The van der Waals surface area contributed by atoms with Crippen molar-refractivity contribution in [3.05, 3.63) is 101 Å². The Hall–Kier alpha value is -3.62. The van der Waals surface area contributed by atoms with Gasteiger partial charge in [0.15, 0.2) is 0 Å². The van der Waals surface area contributed by atoms with Gasteiger partial charge >= 0.3 is 6.03 Å². The number of sulfonamides is 1. The summed E-state index contributed by atoms with van der Waals surface area (Å²) in [6, 6.07) is 22.9. The average molecular weight is 509 g/mol. The number of urea groups is 1. The van der Waals surface area contributed by atoms with E-state index in [1.807, 2.05) is 58.8 Å². The number of amides is 2. The molecule has 4 aromatic rings. The van der Waals surface area contributed by atoms with Crippen molar-refractivity contribution in [3.8, 4) is 16.8 Å². The molecule has 0 saturated heterocycles. The van der Waals surface area contributed by atoms with Crippen LogP contribution in [0.25, 0.3) is 16.8 Å². The largest absolute Gasteiger partial charge is 0.337 e. The Morgan fingerprint density at radius 3 is 2.26 bits per heavy atom. The van der Waals surface area contributed by atoms with E-state index in [0.717, 1.165) is 33.8 Å². The Kier molecular flexibility index (Phi) is 7.23. The summed E-state index contributed by atoms with van der Waals surface area (Å²) in [6.07, 6.45) is 0.543. The lowest BCUT2D eigenvalue weighted by Crippen LogP contribution is -2.40. The number of carbonyl (C=O) groups is 1. The molecule has 9 heteroatoms. The zero-order valence-electron chi connectivity index (χ0n) is 19.3. The first kappa shape index (κ1) is 24.5. The number of aromatic nitrogens is 2. The zero-order chi connectivity index (χ0) is 25.0. The highest BCUT2D eigenvalue weighted by molar-refractivity contribution is 7.90. The van der Waals surface area contributed by atoms with Gasteiger partial charge in [0, 0.05) is 22.8 Å². The molecule has 1 aromatic heterocycles. The van der Waals surface area contributed by atoms with E-state index in [-0.39, 0.29) is 11.4 Å². The zero-order valence-corrected chi connectivity index (χ0v) is 20.9. The fourth-order valence-corrected chi connectivity index (χ4v) is 4.93. The predicted molar refractivity (Wildman–Crippen MR) is 137 cm³/mol. The molecule has 0 saturated carbocycles. The molecule has 3 aromatic carbocycles. The van der Waals surface area contributed by atoms with Crippen molar-refractivity contribution < 1.29 is 13.2 Å². The van der Waals surface area contributed by atoms with Crippen molar-refractivity contribution in [2.75, 3.05) is 6.54 Å². The number of hydrogen-bond donors (Lipinski definition) is 2. The number of benzene rings is 3. The van der Waals surface area contributed by atoms with Gasteiger partial charge in [0.05, 0.1) is 16.3 Å². The summed E-state index contributed by atoms with van der Waals surface area (Å²) in [5.41, 5.74) is 6.21. The van der Waals surface area contributed by atoms with E-state index in [4.69, 9.17) is 16.7 Å². The third-order valence-electron chi connectivity index (χ3n) is 5.58. The van der Waals surface area contributed by atoms with Crippen LogP contribution >= 0.6 is 11.6 Å². The minimum atomic E-state index is -3.96. The first-order valence-electron chi connectivity index (χ1n) is 11.0. The SMILES string of the molecule is Cc1nn(-c2ccc(CCNC(=O)NS(=O)(=O)c3ccc(Cl)cc3)cc2)c(C)c1-c1ccccc1. The number of nitrogens with zero attached hydrogens (tertiary/aromatic N) is 2. The van der Waals surface area contributed by atoms with Crippen molar-refractivity contribution in [2.24, 2.45) is 0 Å². The van der Waals surface area contributed by atoms with Crippen LogP contribution in [0.3, 0.4) is 0 Å². The van der Waals surface area contributed by atoms with Crippen LogP contribution in [-0.2, 0) is 16.4 Å². The van der Waals surface area contributed by atoms with Crippen LogP contribution in [0.5, 0.6) is 0 Å². The van der Waals surface area contributed by atoms with Crippen molar-refractivity contribution in [2.45, 2.75) is 25.2 Å². The van der Waals surface area contributed by atoms with Crippen LogP contribution in [0, 0.1) is 13.8 Å². The van der Waals surface area contributed by atoms with E-state index in [9.17, 15) is 13.2 Å². The summed E-state index contributed by atoms with van der Waals surface area (Å²) >= 11 is 5.78. The molecule has 0 spiro atoms. The summed E-state index contributed by atoms with van der Waals surface area (Å²) in [4.78, 5) is 12.0. The van der Waals surface area contributed by atoms with E-state index >= 15 is 0 Å². The molecule has 1 heterocycles. The maximum atomic E-state index is 12.3. The van der Waals surface area contributed by atoms with Crippen LogP contribution < -0.4 is 10.0 Å². The van der Waals surface area contributed by atoms with Gasteiger partial charge in [0.2, 0.25) is 0 Å². The first-order chi connectivity index (χ1) is 16.7. The lowest BCUT2D eigenvalue weighted by molar-refractivity contribution is 0.246. The van der Waals surface area contributed by atoms with Crippen molar-refractivity contribution in [1.29, 1.82) is 0 Å². The molecule has 2 amide bonds. The van der Waals surface area contributed by atoms with E-state index in [1.165, 1.54) is 24.3 Å². The summed E-state index contributed by atoms with van der Waals surface area (Å²) in [5.74, 6) is 0. The highest BCUT2D eigenvalue weighted by Gasteiger charge is 2.17. The van der Waals surface area contributed by atoms with E-state index < -0.39 is 16.1 Å². The Bertz CT molecular complexity index is 1430. The van der Waals surface area contributed by atoms with Crippen molar-refractivity contribution in [3.63, 3.8) is 0 Å². The van der Waals surface area contributed by atoms with Crippen LogP contribution in [0.15, 0.2) is 83.8 Å². The average Bonchev–Trinajstić information content (AvgIpc) is 3.13. The van der Waals surface area contributed by atoms with Gasteiger partial charge in [-0.2, -0.15) is 5.10 Å². The molecule has 0 fully saturated rings. The molecule has 7 nitrogen and oxygen atoms in total. The Labute approximate surface area is 209 Å². The molecule has 4 rings (SSSR count). The number of halogens is 1. The quantitative estimate of drug-likeness (QED) is 0.365. The number of nitrogens with one attached hydrogen (secondary N) is 2. The first-order valence-corrected chi connectivity index (χ1v) is 12.9. The standard InChI is InChI=1S/C26H25ClN4O3S/c1-18-25(21-6-4-3-5-7-21)19(2)31(29-18)23-12-8-20(9-13-23)16-17-28-26(32)30-35(33,34)24-14-10-22(27)11-15-24/h3-15H,16-17H2,1-2H3,(H2,28,30,32). The Morgan fingerprint density at radius 2 is 1.60 bits per heavy atom. The lowest BCUT2D eigenvalue weighted by atomic mass is 10.0. The van der Waals surface area contributed by atoms with Crippen LogP contribution in [0.4, 0.5) is 4.79 Å². The molecule has 180 valence electrons. The molecule has 35 heavy (non-hydrogen) atoms. The van der Waals surface area contributed by atoms with Gasteiger partial charge in [0.1, 0.15) is 0 Å². The predicted octanol–water partition coefficient (Wildman–Crippen LogP) is 5.04. The van der Waals surface area contributed by atoms with Gasteiger partial charge in [-0.05, 0) is 67.8 Å². The normalized spacial score (nSPS) is 11.3. The van der Waals surface area contributed by atoms with Gasteiger partial charge in [0.25, 0.3) is 10.0 Å². The van der Waals surface area contributed by atoms with E-state index in [1.54, 1.807) is 0 Å². The summed E-state index contributed by atoms with van der Waals surface area (Å²) < 4.78 is 28.5. The molecule has 0 aliphatic carbocycles. The maximum Gasteiger partial charge on any atom is 0.328 e. The maximum absolute atomic E-state index is 12.3. The van der Waals surface area contributed by atoms with E-state index in [2.05, 4.69) is 24.4 Å². The molecule has 0 radical (unpaired) electrons. The molecule has 0 aliphatic heterocycles. The van der Waals surface area contributed by atoms with Crippen LogP contribution in [0.1, 0.15) is 17.0 Å². The number of hydrogen-bond acceptors (Lipinski definition) is 4. The third kappa shape index (κ3) is 5.72. The van der Waals surface area contributed by atoms with Gasteiger partial charge in [-0.15, -0.1) is 0 Å². The fourth-order valence-electron chi connectivity index (χ4n) is 3.87. The van der Waals surface area contributed by atoms with Crippen molar-refractivity contribution in [1.82, 2.24) is 19.8 Å². The molecule has 0 unspecified atom stereocenters. The fraction of sp³-hybridized carbons (Fsp3) is 0.154. The van der Waals surface area contributed by atoms with E-state index in [0.29, 0.717) is 11.4 Å². The second-order valence-corrected chi connectivity index (χ2v) is 10.2. The van der Waals surface area contributed by atoms with Crippen LogP contribution in [-0.4, -0.2) is 30.8 Å². The van der Waals surface area contributed by atoms with Gasteiger partial charge in [-0.3, -0.25) is 0 Å². The minimum Gasteiger partial charge on any atom is -0.337 e. The lowest BCUT2D eigenvalue weighted by Gasteiger charge is -2.10. The highest BCUT2D eigenvalue weighted by Crippen LogP contribution is 2.28. The van der Waals surface area contributed by atoms with Gasteiger partial charge < -0.3 is 5.32 Å². The number of carbonyl (C=O) groups excluding carboxylic acids is 1. The molecule has 0 bridgehead atoms.